The summed E-state index contributed by atoms with van der Waals surface area (Å²) >= 11 is 0. The molecule has 2 unspecified atom stereocenters. The van der Waals surface area contributed by atoms with Crippen molar-refractivity contribution in [3.63, 3.8) is 0 Å². The van der Waals surface area contributed by atoms with Gasteiger partial charge in [-0.2, -0.15) is 0 Å². The van der Waals surface area contributed by atoms with E-state index in [2.05, 4.69) is 0 Å². The molecule has 0 radical (unpaired) electrons. The molecule has 2 aliphatic rings. The number of carbonyl (C=O) groups is 1. The fourth-order valence-corrected chi connectivity index (χ4v) is 4.31. The lowest BCUT2D eigenvalue weighted by molar-refractivity contribution is -0.132. The maximum Gasteiger partial charge on any atom is 0.241 e. The minimum Gasteiger partial charge on any atom is -0.334 e. The van der Waals surface area contributed by atoms with Crippen LogP contribution in [0.25, 0.3) is 0 Å². The number of nitrogens with zero attached hydrogens (tertiary/aromatic N) is 1. The van der Waals surface area contributed by atoms with Crippen molar-refractivity contribution in [2.45, 2.75) is 30.6 Å². The predicted molar refractivity (Wildman–Crippen MR) is 72.2 cm³/mol. The summed E-state index contributed by atoms with van der Waals surface area (Å²) in [4.78, 5) is 13.7. The van der Waals surface area contributed by atoms with E-state index in [0.29, 0.717) is 25.8 Å². The number of amides is 1. The van der Waals surface area contributed by atoms with Crippen LogP contribution in [-0.2, 0) is 14.6 Å². The number of hydrogen-bond donors (Lipinski definition) is 0. The Kier molecular flexibility index (Phi) is 3.47. The quantitative estimate of drug-likeness (QED) is 0.836. The zero-order valence-electron chi connectivity index (χ0n) is 11.3. The first-order valence-corrected chi connectivity index (χ1v) is 8.59. The molecule has 0 aromatic heterocycles. The number of benzene rings is 1. The summed E-state index contributed by atoms with van der Waals surface area (Å²) in [5.41, 5.74) is 0.123. The van der Waals surface area contributed by atoms with E-state index in [4.69, 9.17) is 0 Å². The van der Waals surface area contributed by atoms with Gasteiger partial charge >= 0.3 is 0 Å². The molecule has 0 N–H and O–H groups in total. The molecule has 1 aromatic carbocycles. The van der Waals surface area contributed by atoms with Crippen LogP contribution in [0.1, 0.15) is 30.9 Å². The van der Waals surface area contributed by atoms with E-state index in [1.54, 1.807) is 0 Å². The van der Waals surface area contributed by atoms with Gasteiger partial charge in [0.15, 0.2) is 9.84 Å². The van der Waals surface area contributed by atoms with Crippen molar-refractivity contribution in [3.05, 3.63) is 35.4 Å². The van der Waals surface area contributed by atoms with E-state index < -0.39 is 38.7 Å². The molecule has 1 aromatic rings. The largest absolute Gasteiger partial charge is 0.334 e. The molecule has 2 saturated heterocycles. The second kappa shape index (κ2) is 5.05. The standard InChI is InChI=1S/C14H15F2NO3S/c15-9-3-4-11(16)10(8-9)12-2-1-6-17(12)14(18)13-5-7-21(13,19)20/h3-4,8,12-13H,1-2,5-7H2. The zero-order chi connectivity index (χ0) is 15.2. The van der Waals surface area contributed by atoms with Crippen molar-refractivity contribution in [1.82, 2.24) is 4.90 Å². The van der Waals surface area contributed by atoms with Gasteiger partial charge in [-0.3, -0.25) is 4.79 Å². The maximum atomic E-state index is 13.9. The molecule has 2 atom stereocenters. The molecule has 21 heavy (non-hydrogen) atoms. The third-order valence-corrected chi connectivity index (χ3v) is 6.34. The van der Waals surface area contributed by atoms with Crippen molar-refractivity contribution in [2.24, 2.45) is 0 Å². The number of likely N-dealkylation sites (tertiary alicyclic amines) is 1. The number of halogens is 2. The summed E-state index contributed by atoms with van der Waals surface area (Å²) in [6.07, 6.45) is 1.48. The van der Waals surface area contributed by atoms with Crippen molar-refractivity contribution in [3.8, 4) is 0 Å². The lowest BCUT2D eigenvalue weighted by atomic mass is 10.0. The van der Waals surface area contributed by atoms with E-state index >= 15 is 0 Å². The zero-order valence-corrected chi connectivity index (χ0v) is 12.1. The van der Waals surface area contributed by atoms with Crippen LogP contribution in [0.5, 0.6) is 0 Å². The second-order valence-corrected chi connectivity index (χ2v) is 7.80. The Morgan fingerprint density at radius 1 is 1.24 bits per heavy atom. The van der Waals surface area contributed by atoms with Crippen LogP contribution in [-0.4, -0.2) is 36.8 Å². The second-order valence-electron chi connectivity index (χ2n) is 5.50. The molecule has 2 aliphatic heterocycles. The average molecular weight is 315 g/mol. The Balaban J connectivity index is 1.89. The first-order chi connectivity index (χ1) is 9.90. The average Bonchev–Trinajstić information content (AvgIpc) is 2.89. The molecule has 0 saturated carbocycles. The van der Waals surface area contributed by atoms with Crippen LogP contribution in [0.3, 0.4) is 0 Å². The maximum absolute atomic E-state index is 13.9. The molecule has 4 nitrogen and oxygen atoms in total. The van der Waals surface area contributed by atoms with Crippen LogP contribution >= 0.6 is 0 Å². The van der Waals surface area contributed by atoms with Crippen LogP contribution in [0.4, 0.5) is 8.78 Å². The normalized spacial score (nSPS) is 27.4. The molecule has 3 rings (SSSR count). The van der Waals surface area contributed by atoms with Gasteiger partial charge in [0.1, 0.15) is 16.9 Å². The molecule has 0 spiro atoms. The number of sulfone groups is 1. The van der Waals surface area contributed by atoms with Gasteiger partial charge in [0.25, 0.3) is 0 Å². The fourth-order valence-electron chi connectivity index (χ4n) is 3.01. The summed E-state index contributed by atoms with van der Waals surface area (Å²) in [6.45, 7) is 0.380. The highest BCUT2D eigenvalue weighted by atomic mass is 32.2. The van der Waals surface area contributed by atoms with Gasteiger partial charge < -0.3 is 4.90 Å². The Labute approximate surface area is 121 Å². The number of carbonyl (C=O) groups excluding carboxylic acids is 1. The summed E-state index contributed by atoms with van der Waals surface area (Å²) in [7, 11) is -3.34. The lowest BCUT2D eigenvalue weighted by Crippen LogP contribution is -2.50. The van der Waals surface area contributed by atoms with Crippen LogP contribution in [0.15, 0.2) is 18.2 Å². The molecular formula is C14H15F2NO3S. The van der Waals surface area contributed by atoms with E-state index in [9.17, 15) is 22.0 Å². The smallest absolute Gasteiger partial charge is 0.241 e. The van der Waals surface area contributed by atoms with Gasteiger partial charge in [-0.15, -0.1) is 0 Å². The van der Waals surface area contributed by atoms with Gasteiger partial charge in [-0.05, 0) is 37.5 Å². The molecule has 7 heteroatoms. The summed E-state index contributed by atoms with van der Waals surface area (Å²) < 4.78 is 50.4. The van der Waals surface area contributed by atoms with Crippen molar-refractivity contribution in [1.29, 1.82) is 0 Å². The first-order valence-electron chi connectivity index (χ1n) is 6.87. The summed E-state index contributed by atoms with van der Waals surface area (Å²) in [5, 5.41) is -1.00. The van der Waals surface area contributed by atoms with Gasteiger partial charge in [-0.25, -0.2) is 17.2 Å². The monoisotopic (exact) mass is 315 g/mol. The molecular weight excluding hydrogens is 300 g/mol. The van der Waals surface area contributed by atoms with Crippen molar-refractivity contribution < 1.29 is 22.0 Å². The predicted octanol–water partition coefficient (Wildman–Crippen LogP) is 1.82. The van der Waals surface area contributed by atoms with E-state index in [-0.39, 0.29) is 11.3 Å². The highest BCUT2D eigenvalue weighted by molar-refractivity contribution is 7.94. The van der Waals surface area contributed by atoms with Gasteiger partial charge in [0.2, 0.25) is 5.91 Å². The minimum atomic E-state index is -3.34. The summed E-state index contributed by atoms with van der Waals surface area (Å²) in [5.74, 6) is -1.59. The molecule has 2 fully saturated rings. The highest BCUT2D eigenvalue weighted by Crippen LogP contribution is 2.36. The number of rotatable bonds is 2. The van der Waals surface area contributed by atoms with Gasteiger partial charge in [0, 0.05) is 12.1 Å². The van der Waals surface area contributed by atoms with Crippen molar-refractivity contribution in [2.75, 3.05) is 12.3 Å². The number of hydrogen-bond acceptors (Lipinski definition) is 3. The van der Waals surface area contributed by atoms with Gasteiger partial charge in [-0.1, -0.05) is 0 Å². The molecule has 1 amide bonds. The minimum absolute atomic E-state index is 0.0240. The Morgan fingerprint density at radius 3 is 2.62 bits per heavy atom. The molecule has 114 valence electrons. The summed E-state index contributed by atoms with van der Waals surface area (Å²) in [6, 6.07) is 2.56. The fraction of sp³-hybridized carbons (Fsp3) is 0.500. The third kappa shape index (κ3) is 2.43. The van der Waals surface area contributed by atoms with E-state index in [1.165, 1.54) is 4.90 Å². The SMILES string of the molecule is O=C(C1CCS1(=O)=O)N1CCCC1c1cc(F)ccc1F. The molecule has 0 aliphatic carbocycles. The van der Waals surface area contributed by atoms with Crippen LogP contribution in [0.2, 0.25) is 0 Å². The van der Waals surface area contributed by atoms with E-state index in [0.717, 1.165) is 18.2 Å². The first kappa shape index (κ1) is 14.4. The lowest BCUT2D eigenvalue weighted by Gasteiger charge is -2.32. The van der Waals surface area contributed by atoms with Crippen LogP contribution < -0.4 is 0 Å². The van der Waals surface area contributed by atoms with Crippen molar-refractivity contribution >= 4 is 15.7 Å². The molecule has 0 bridgehead atoms. The van der Waals surface area contributed by atoms with Gasteiger partial charge in [0.05, 0.1) is 11.8 Å². The Morgan fingerprint density at radius 2 is 2.00 bits per heavy atom. The van der Waals surface area contributed by atoms with Crippen LogP contribution in [0, 0.1) is 11.6 Å². The molecule has 2 heterocycles. The third-order valence-electron chi connectivity index (χ3n) is 4.23. The Bertz CT molecular complexity index is 689. The van der Waals surface area contributed by atoms with E-state index in [1.807, 2.05) is 0 Å². The topological polar surface area (TPSA) is 54.5 Å². The highest BCUT2D eigenvalue weighted by Gasteiger charge is 2.46. The Hall–Kier alpha value is -1.50.